The molecule has 0 aliphatic rings. The number of fused-ring (bicyclic) bond motifs is 1. The highest BCUT2D eigenvalue weighted by atomic mass is 16.6. The molecule has 0 spiro atoms. The Labute approximate surface area is 74.3 Å². The van der Waals surface area contributed by atoms with E-state index < -0.39 is 0 Å². The number of nitro groups is 1. The Hall–Kier alpha value is -1.84. The van der Waals surface area contributed by atoms with E-state index in [1.54, 1.807) is 18.3 Å². The smallest absolute Gasteiger partial charge is 0.271 e. The van der Waals surface area contributed by atoms with Crippen molar-refractivity contribution in [1.29, 1.82) is 0 Å². The van der Waals surface area contributed by atoms with E-state index in [-0.39, 0.29) is 10.6 Å². The van der Waals surface area contributed by atoms with Crippen LogP contribution in [0.25, 0.3) is 10.9 Å². The fourth-order valence-electron chi connectivity index (χ4n) is 1.44. The number of nitrogens with zero attached hydrogens (tertiary/aromatic N) is 1. The first-order valence-corrected chi connectivity index (χ1v) is 3.90. The molecule has 0 radical (unpaired) electrons. The second-order valence-electron chi connectivity index (χ2n) is 2.96. The highest BCUT2D eigenvalue weighted by molar-refractivity contribution is 5.85. The highest BCUT2D eigenvalue weighted by Gasteiger charge is 2.08. The lowest BCUT2D eigenvalue weighted by atomic mass is 10.1. The molecule has 4 heteroatoms. The molecule has 0 bridgehead atoms. The van der Waals surface area contributed by atoms with Crippen LogP contribution < -0.4 is 0 Å². The van der Waals surface area contributed by atoms with Gasteiger partial charge in [0.15, 0.2) is 0 Å². The van der Waals surface area contributed by atoms with E-state index in [0.29, 0.717) is 0 Å². The van der Waals surface area contributed by atoms with Crippen LogP contribution in [-0.2, 0) is 0 Å². The maximum atomic E-state index is 10.5. The minimum absolute atomic E-state index is 0.132. The molecule has 0 saturated heterocycles. The molecule has 1 aromatic heterocycles. The van der Waals surface area contributed by atoms with Crippen molar-refractivity contribution in [3.63, 3.8) is 0 Å². The first-order valence-electron chi connectivity index (χ1n) is 3.90. The summed E-state index contributed by atoms with van der Waals surface area (Å²) in [4.78, 5) is 13.1. The summed E-state index contributed by atoms with van der Waals surface area (Å²) in [6, 6.07) is 5.03. The number of benzene rings is 1. The monoisotopic (exact) mass is 176 g/mol. The van der Waals surface area contributed by atoms with E-state index in [1.807, 2.05) is 13.0 Å². The Morgan fingerprint density at radius 1 is 1.46 bits per heavy atom. The maximum absolute atomic E-state index is 10.5. The standard InChI is InChI=1S/C9H8N2O2/c1-6-4-7(11(12)13)5-9-8(6)2-3-10-9/h2-5,10H,1H3. The number of rotatable bonds is 1. The minimum Gasteiger partial charge on any atom is -0.361 e. The van der Waals surface area contributed by atoms with Crippen LogP contribution in [0.2, 0.25) is 0 Å². The van der Waals surface area contributed by atoms with Gasteiger partial charge in [-0.3, -0.25) is 10.1 Å². The van der Waals surface area contributed by atoms with Crippen molar-refractivity contribution in [3.05, 3.63) is 40.1 Å². The average molecular weight is 176 g/mol. The summed E-state index contributed by atoms with van der Waals surface area (Å²) in [5, 5.41) is 11.5. The lowest BCUT2D eigenvalue weighted by Gasteiger charge is -1.96. The largest absolute Gasteiger partial charge is 0.361 e. The third-order valence-electron chi connectivity index (χ3n) is 2.07. The molecule has 0 amide bonds. The van der Waals surface area contributed by atoms with Crippen LogP contribution in [0.15, 0.2) is 24.4 Å². The van der Waals surface area contributed by atoms with Crippen molar-refractivity contribution in [1.82, 2.24) is 4.98 Å². The normalized spacial score (nSPS) is 10.5. The Morgan fingerprint density at radius 2 is 2.23 bits per heavy atom. The predicted octanol–water partition coefficient (Wildman–Crippen LogP) is 2.38. The molecule has 0 saturated carbocycles. The molecule has 0 aliphatic carbocycles. The van der Waals surface area contributed by atoms with Crippen molar-refractivity contribution in [2.24, 2.45) is 0 Å². The molecule has 66 valence electrons. The number of hydrogen-bond donors (Lipinski definition) is 1. The van der Waals surface area contributed by atoms with Gasteiger partial charge in [0.25, 0.3) is 5.69 Å². The molecule has 0 atom stereocenters. The number of aromatic amines is 1. The fraction of sp³-hybridized carbons (Fsp3) is 0.111. The summed E-state index contributed by atoms with van der Waals surface area (Å²) in [6.45, 7) is 1.86. The number of non-ortho nitro benzene ring substituents is 1. The lowest BCUT2D eigenvalue weighted by Crippen LogP contribution is -1.88. The van der Waals surface area contributed by atoms with Gasteiger partial charge in [-0.05, 0) is 18.6 Å². The Morgan fingerprint density at radius 3 is 2.92 bits per heavy atom. The zero-order chi connectivity index (χ0) is 9.42. The third kappa shape index (κ3) is 1.16. The van der Waals surface area contributed by atoms with E-state index in [2.05, 4.69) is 4.98 Å². The summed E-state index contributed by atoms with van der Waals surface area (Å²) in [5.41, 5.74) is 1.87. The molecule has 1 aromatic carbocycles. The van der Waals surface area contributed by atoms with Gasteiger partial charge in [-0.25, -0.2) is 0 Å². The summed E-state index contributed by atoms with van der Waals surface area (Å²) >= 11 is 0. The number of H-pyrrole nitrogens is 1. The summed E-state index contributed by atoms with van der Waals surface area (Å²) in [5.74, 6) is 0. The quantitative estimate of drug-likeness (QED) is 0.535. The molecule has 13 heavy (non-hydrogen) atoms. The topological polar surface area (TPSA) is 58.9 Å². The molecule has 2 aromatic rings. The van der Waals surface area contributed by atoms with E-state index >= 15 is 0 Å². The zero-order valence-corrected chi connectivity index (χ0v) is 7.07. The fourth-order valence-corrected chi connectivity index (χ4v) is 1.44. The third-order valence-corrected chi connectivity index (χ3v) is 2.07. The molecular formula is C9H8N2O2. The van der Waals surface area contributed by atoms with Crippen molar-refractivity contribution >= 4 is 16.6 Å². The Balaban J connectivity index is 2.77. The number of nitrogens with one attached hydrogen (secondary N) is 1. The van der Waals surface area contributed by atoms with Gasteiger partial charge in [-0.2, -0.15) is 0 Å². The minimum atomic E-state index is -0.382. The first kappa shape index (κ1) is 7.79. The van der Waals surface area contributed by atoms with Gasteiger partial charge in [0.2, 0.25) is 0 Å². The van der Waals surface area contributed by atoms with E-state index in [0.717, 1.165) is 16.5 Å². The number of aryl methyl sites for hydroxylation is 1. The molecule has 0 fully saturated rings. The van der Waals surface area contributed by atoms with E-state index in [4.69, 9.17) is 0 Å². The number of hydrogen-bond acceptors (Lipinski definition) is 2. The Kier molecular flexibility index (Phi) is 1.55. The van der Waals surface area contributed by atoms with Crippen LogP contribution in [0.5, 0.6) is 0 Å². The number of aromatic nitrogens is 1. The Bertz CT molecular complexity index is 473. The number of nitro benzene ring substituents is 1. The molecule has 0 unspecified atom stereocenters. The molecule has 1 N–H and O–H groups in total. The second-order valence-corrected chi connectivity index (χ2v) is 2.96. The summed E-state index contributed by atoms with van der Waals surface area (Å²) in [6.07, 6.45) is 1.78. The molecule has 4 nitrogen and oxygen atoms in total. The molecule has 2 rings (SSSR count). The van der Waals surface area contributed by atoms with Crippen LogP contribution in [0.4, 0.5) is 5.69 Å². The van der Waals surface area contributed by atoms with Gasteiger partial charge in [0.1, 0.15) is 0 Å². The second kappa shape index (κ2) is 2.58. The molecule has 1 heterocycles. The van der Waals surface area contributed by atoms with E-state index in [1.165, 1.54) is 0 Å². The first-order chi connectivity index (χ1) is 6.18. The predicted molar refractivity (Wildman–Crippen MR) is 49.7 cm³/mol. The van der Waals surface area contributed by atoms with Crippen molar-refractivity contribution in [3.8, 4) is 0 Å². The molecule has 0 aliphatic heterocycles. The summed E-state index contributed by atoms with van der Waals surface area (Å²) in [7, 11) is 0. The SMILES string of the molecule is Cc1cc([N+](=O)[O-])cc2[nH]ccc12. The lowest BCUT2D eigenvalue weighted by molar-refractivity contribution is -0.384. The van der Waals surface area contributed by atoms with Crippen molar-refractivity contribution in [2.75, 3.05) is 0 Å². The zero-order valence-electron chi connectivity index (χ0n) is 7.07. The van der Waals surface area contributed by atoms with E-state index in [9.17, 15) is 10.1 Å². The van der Waals surface area contributed by atoms with Crippen LogP contribution >= 0.6 is 0 Å². The van der Waals surface area contributed by atoms with Gasteiger partial charge in [-0.1, -0.05) is 0 Å². The van der Waals surface area contributed by atoms with Gasteiger partial charge < -0.3 is 4.98 Å². The van der Waals surface area contributed by atoms with Crippen LogP contribution in [0, 0.1) is 17.0 Å². The summed E-state index contributed by atoms with van der Waals surface area (Å²) < 4.78 is 0. The van der Waals surface area contributed by atoms with Gasteiger partial charge >= 0.3 is 0 Å². The van der Waals surface area contributed by atoms with Gasteiger partial charge in [-0.15, -0.1) is 0 Å². The van der Waals surface area contributed by atoms with Crippen LogP contribution in [-0.4, -0.2) is 9.91 Å². The van der Waals surface area contributed by atoms with Crippen molar-refractivity contribution in [2.45, 2.75) is 6.92 Å². The maximum Gasteiger partial charge on any atom is 0.271 e. The van der Waals surface area contributed by atoms with Crippen molar-refractivity contribution < 1.29 is 4.92 Å². The van der Waals surface area contributed by atoms with Crippen LogP contribution in [0.1, 0.15) is 5.56 Å². The van der Waals surface area contributed by atoms with Gasteiger partial charge in [0, 0.05) is 23.7 Å². The highest BCUT2D eigenvalue weighted by Crippen LogP contribution is 2.23. The molecular weight excluding hydrogens is 168 g/mol. The average Bonchev–Trinajstić information content (AvgIpc) is 2.51. The van der Waals surface area contributed by atoms with Gasteiger partial charge in [0.05, 0.1) is 10.4 Å². The van der Waals surface area contributed by atoms with Crippen LogP contribution in [0.3, 0.4) is 0 Å².